The number of benzene rings is 4. The highest BCUT2D eigenvalue weighted by atomic mass is 79.9. The zero-order valence-corrected chi connectivity index (χ0v) is 16.7. The fourth-order valence-electron chi connectivity index (χ4n) is 4.13. The maximum atomic E-state index is 3.74. The van der Waals surface area contributed by atoms with Gasteiger partial charge in [0, 0.05) is 41.1 Å². The van der Waals surface area contributed by atoms with Gasteiger partial charge < -0.3 is 4.57 Å². The monoisotopic (exact) mass is 427 g/mol. The van der Waals surface area contributed by atoms with Crippen LogP contribution in [0.2, 0.25) is 0 Å². The van der Waals surface area contributed by atoms with Crippen molar-refractivity contribution in [1.29, 1.82) is 0 Å². The van der Waals surface area contributed by atoms with Gasteiger partial charge in [0.25, 0.3) is 0 Å². The van der Waals surface area contributed by atoms with Crippen LogP contribution < -0.4 is 0 Å². The van der Waals surface area contributed by atoms with E-state index in [1.807, 2.05) is 11.3 Å². The maximum Gasteiger partial charge on any atom is 0.0555 e. The second kappa shape index (κ2) is 5.69. The SMILES string of the molecule is Brc1cccc2c1sc1c2ccc2c1c1ccccc1n2-c1ccccc1. The highest BCUT2D eigenvalue weighted by Crippen LogP contribution is 2.44. The summed E-state index contributed by atoms with van der Waals surface area (Å²) in [5, 5.41) is 5.31. The number of fused-ring (bicyclic) bond motifs is 7. The van der Waals surface area contributed by atoms with Crippen LogP contribution in [0.25, 0.3) is 47.7 Å². The molecule has 3 heteroatoms. The van der Waals surface area contributed by atoms with Gasteiger partial charge in [0.05, 0.1) is 11.0 Å². The average Bonchev–Trinajstić information content (AvgIpc) is 3.25. The van der Waals surface area contributed by atoms with Crippen LogP contribution in [-0.4, -0.2) is 4.57 Å². The Labute approximate surface area is 168 Å². The first-order valence-corrected chi connectivity index (χ1v) is 10.5. The highest BCUT2D eigenvalue weighted by Gasteiger charge is 2.17. The van der Waals surface area contributed by atoms with Crippen LogP contribution in [0.15, 0.2) is 89.4 Å². The molecule has 0 fully saturated rings. The summed E-state index contributed by atoms with van der Waals surface area (Å²) in [5.41, 5.74) is 3.71. The van der Waals surface area contributed by atoms with Crippen molar-refractivity contribution in [2.24, 2.45) is 0 Å². The molecule has 0 N–H and O–H groups in total. The molecule has 6 rings (SSSR count). The van der Waals surface area contributed by atoms with Gasteiger partial charge in [-0.3, -0.25) is 0 Å². The number of hydrogen-bond donors (Lipinski definition) is 0. The third kappa shape index (κ3) is 2.10. The zero-order valence-electron chi connectivity index (χ0n) is 14.3. The second-order valence-corrected chi connectivity index (χ2v) is 8.62. The normalized spacial score (nSPS) is 11.9. The summed E-state index contributed by atoms with van der Waals surface area (Å²) in [6.07, 6.45) is 0. The Balaban J connectivity index is 1.89. The molecule has 2 aromatic heterocycles. The van der Waals surface area contributed by atoms with E-state index in [-0.39, 0.29) is 0 Å². The van der Waals surface area contributed by atoms with E-state index < -0.39 is 0 Å². The Morgan fingerprint density at radius 3 is 2.22 bits per heavy atom. The minimum atomic E-state index is 1.17. The van der Waals surface area contributed by atoms with Crippen LogP contribution in [0.1, 0.15) is 0 Å². The van der Waals surface area contributed by atoms with E-state index in [1.165, 1.54) is 52.1 Å². The summed E-state index contributed by atoms with van der Waals surface area (Å²) < 4.78 is 6.22. The molecule has 128 valence electrons. The fourth-order valence-corrected chi connectivity index (χ4v) is 6.00. The summed E-state index contributed by atoms with van der Waals surface area (Å²) in [6, 6.07) is 30.4. The van der Waals surface area contributed by atoms with Crippen molar-refractivity contribution >= 4 is 69.2 Å². The van der Waals surface area contributed by atoms with Gasteiger partial charge in [-0.1, -0.05) is 54.6 Å². The van der Waals surface area contributed by atoms with Crippen molar-refractivity contribution in [3.8, 4) is 5.69 Å². The molecule has 4 aromatic carbocycles. The van der Waals surface area contributed by atoms with Crippen molar-refractivity contribution in [2.45, 2.75) is 0 Å². The number of thiophene rings is 1. The lowest BCUT2D eigenvalue weighted by Gasteiger charge is -2.07. The lowest BCUT2D eigenvalue weighted by Crippen LogP contribution is -1.92. The van der Waals surface area contributed by atoms with Gasteiger partial charge in [-0.05, 0) is 46.3 Å². The standard InChI is InChI=1S/C24H14BrNS/c25-19-11-6-10-16-17-13-14-21-22(24(17)27-23(16)19)18-9-4-5-12-20(18)26(21)15-7-2-1-3-8-15/h1-14H. The van der Waals surface area contributed by atoms with Gasteiger partial charge in [-0.15, -0.1) is 11.3 Å². The van der Waals surface area contributed by atoms with Gasteiger partial charge in [-0.2, -0.15) is 0 Å². The molecular formula is C24H14BrNS. The summed E-state index contributed by atoms with van der Waals surface area (Å²) in [5.74, 6) is 0. The first-order valence-electron chi connectivity index (χ1n) is 8.91. The Morgan fingerprint density at radius 2 is 1.33 bits per heavy atom. The molecule has 0 aliphatic rings. The molecule has 0 radical (unpaired) electrons. The molecule has 0 amide bonds. The van der Waals surface area contributed by atoms with Gasteiger partial charge in [0.2, 0.25) is 0 Å². The quantitative estimate of drug-likeness (QED) is 0.251. The van der Waals surface area contributed by atoms with Crippen LogP contribution in [0.3, 0.4) is 0 Å². The second-order valence-electron chi connectivity index (χ2n) is 6.74. The Kier molecular flexibility index (Phi) is 3.25. The van der Waals surface area contributed by atoms with Crippen LogP contribution in [0, 0.1) is 0 Å². The Bertz CT molecular complexity index is 1470. The van der Waals surface area contributed by atoms with Crippen LogP contribution in [0.5, 0.6) is 0 Å². The number of para-hydroxylation sites is 2. The average molecular weight is 428 g/mol. The van der Waals surface area contributed by atoms with Crippen LogP contribution in [0.4, 0.5) is 0 Å². The molecule has 0 aliphatic carbocycles. The summed E-state index contributed by atoms with van der Waals surface area (Å²) >= 11 is 5.62. The largest absolute Gasteiger partial charge is 0.309 e. The summed E-state index contributed by atoms with van der Waals surface area (Å²) in [6.45, 7) is 0. The van der Waals surface area contributed by atoms with E-state index in [0.717, 1.165) is 0 Å². The molecule has 0 spiro atoms. The number of aromatic nitrogens is 1. The van der Waals surface area contributed by atoms with E-state index in [9.17, 15) is 0 Å². The molecule has 6 aromatic rings. The Morgan fingerprint density at radius 1 is 0.593 bits per heavy atom. The van der Waals surface area contributed by atoms with Crippen molar-refractivity contribution in [1.82, 2.24) is 4.57 Å². The topological polar surface area (TPSA) is 4.93 Å². The van der Waals surface area contributed by atoms with Crippen molar-refractivity contribution in [3.05, 3.63) is 89.4 Å². The van der Waals surface area contributed by atoms with E-state index >= 15 is 0 Å². The molecule has 0 saturated carbocycles. The van der Waals surface area contributed by atoms with Crippen molar-refractivity contribution < 1.29 is 0 Å². The molecule has 0 aliphatic heterocycles. The maximum absolute atomic E-state index is 3.74. The number of nitrogens with zero attached hydrogens (tertiary/aromatic N) is 1. The van der Waals surface area contributed by atoms with Crippen molar-refractivity contribution in [3.63, 3.8) is 0 Å². The number of halogens is 1. The van der Waals surface area contributed by atoms with Crippen LogP contribution in [-0.2, 0) is 0 Å². The van der Waals surface area contributed by atoms with Gasteiger partial charge in [0.15, 0.2) is 0 Å². The molecule has 1 nitrogen and oxygen atoms in total. The number of hydrogen-bond acceptors (Lipinski definition) is 1. The molecule has 0 unspecified atom stereocenters. The summed E-state index contributed by atoms with van der Waals surface area (Å²) in [4.78, 5) is 0. The van der Waals surface area contributed by atoms with Gasteiger partial charge >= 0.3 is 0 Å². The lowest BCUT2D eigenvalue weighted by atomic mass is 10.1. The zero-order chi connectivity index (χ0) is 18.0. The third-order valence-electron chi connectivity index (χ3n) is 5.27. The predicted molar refractivity (Wildman–Crippen MR) is 121 cm³/mol. The smallest absolute Gasteiger partial charge is 0.0555 e. The Hall–Kier alpha value is -2.62. The van der Waals surface area contributed by atoms with Gasteiger partial charge in [-0.25, -0.2) is 0 Å². The highest BCUT2D eigenvalue weighted by molar-refractivity contribution is 9.10. The molecule has 0 bridgehead atoms. The van der Waals surface area contributed by atoms with Crippen LogP contribution >= 0.6 is 27.3 Å². The third-order valence-corrected chi connectivity index (χ3v) is 7.46. The minimum Gasteiger partial charge on any atom is -0.309 e. The van der Waals surface area contributed by atoms with Gasteiger partial charge in [0.1, 0.15) is 0 Å². The van der Waals surface area contributed by atoms with E-state index in [1.54, 1.807) is 0 Å². The first-order chi connectivity index (χ1) is 13.3. The molecule has 2 heterocycles. The minimum absolute atomic E-state index is 1.17. The lowest BCUT2D eigenvalue weighted by molar-refractivity contribution is 1.18. The molecular weight excluding hydrogens is 414 g/mol. The summed E-state index contributed by atoms with van der Waals surface area (Å²) in [7, 11) is 0. The fraction of sp³-hybridized carbons (Fsp3) is 0. The number of rotatable bonds is 1. The van der Waals surface area contributed by atoms with E-state index in [0.29, 0.717) is 0 Å². The molecule has 27 heavy (non-hydrogen) atoms. The predicted octanol–water partition coefficient (Wildman–Crippen LogP) is 7.91. The van der Waals surface area contributed by atoms with Crippen molar-refractivity contribution in [2.75, 3.05) is 0 Å². The van der Waals surface area contributed by atoms with E-state index in [4.69, 9.17) is 0 Å². The first kappa shape index (κ1) is 15.4. The molecule has 0 atom stereocenters. The van der Waals surface area contributed by atoms with E-state index in [2.05, 4.69) is 105 Å². The molecule has 0 saturated heterocycles.